The lowest BCUT2D eigenvalue weighted by molar-refractivity contribution is 0.0270. The van der Waals surface area contributed by atoms with Crippen LogP contribution in [0, 0.1) is 0 Å². The molecule has 0 saturated heterocycles. The van der Waals surface area contributed by atoms with E-state index in [1.54, 1.807) is 4.90 Å². The Labute approximate surface area is 140 Å². The molecule has 1 atom stereocenters. The predicted molar refractivity (Wildman–Crippen MR) is 92.4 cm³/mol. The van der Waals surface area contributed by atoms with Gasteiger partial charge in [-0.3, -0.25) is 4.21 Å². The summed E-state index contributed by atoms with van der Waals surface area (Å²) < 4.78 is 17.1. The van der Waals surface area contributed by atoms with Gasteiger partial charge < -0.3 is 9.64 Å². The van der Waals surface area contributed by atoms with E-state index in [1.807, 2.05) is 20.8 Å². The zero-order valence-electron chi connectivity index (χ0n) is 13.9. The fourth-order valence-electron chi connectivity index (χ4n) is 2.92. The average molecular weight is 333 g/mol. The van der Waals surface area contributed by atoms with Gasteiger partial charge in [0, 0.05) is 35.4 Å². The maximum absolute atomic E-state index is 12.1. The first-order valence-corrected chi connectivity index (χ1v) is 9.45. The minimum atomic E-state index is -0.743. The Bertz CT molecular complexity index is 688. The third kappa shape index (κ3) is 3.83. The fraction of sp³-hybridized carbons (Fsp3) is 0.500. The molecule has 1 unspecified atom stereocenters. The van der Waals surface area contributed by atoms with Crippen LogP contribution in [0.25, 0.3) is 5.57 Å². The lowest BCUT2D eigenvalue weighted by Crippen LogP contribution is -2.39. The van der Waals surface area contributed by atoms with E-state index in [-0.39, 0.29) is 6.09 Å². The van der Waals surface area contributed by atoms with Gasteiger partial charge in [0.15, 0.2) is 0 Å². The van der Waals surface area contributed by atoms with Gasteiger partial charge in [-0.1, -0.05) is 24.3 Å². The summed E-state index contributed by atoms with van der Waals surface area (Å²) in [4.78, 5) is 13.8. The Morgan fingerprint density at radius 1 is 1.22 bits per heavy atom. The zero-order valence-corrected chi connectivity index (χ0v) is 14.7. The standard InChI is InChI=1S/C18H23NO3S/c1-18(2,3)22-17(20)19-8-6-13(7-9-19)14-4-5-15-11-23(21)12-16(15)10-14/h4-6,10H,7-9,11-12H2,1-3H3. The van der Waals surface area contributed by atoms with Crippen molar-refractivity contribution < 1.29 is 13.7 Å². The number of hydrogen-bond donors (Lipinski definition) is 0. The summed E-state index contributed by atoms with van der Waals surface area (Å²) in [6.45, 7) is 6.89. The van der Waals surface area contributed by atoms with E-state index < -0.39 is 16.4 Å². The van der Waals surface area contributed by atoms with Gasteiger partial charge in [0.25, 0.3) is 0 Å². The highest BCUT2D eigenvalue weighted by molar-refractivity contribution is 7.83. The SMILES string of the molecule is CC(C)(C)OC(=O)N1CC=C(c2ccc3c(c2)CS(=O)C3)CC1. The van der Waals surface area contributed by atoms with E-state index in [0.29, 0.717) is 24.6 Å². The van der Waals surface area contributed by atoms with Gasteiger partial charge in [-0.25, -0.2) is 4.79 Å². The van der Waals surface area contributed by atoms with Crippen molar-refractivity contribution in [2.75, 3.05) is 13.1 Å². The smallest absolute Gasteiger partial charge is 0.410 e. The number of benzene rings is 1. The molecule has 0 aliphatic carbocycles. The van der Waals surface area contributed by atoms with Crippen LogP contribution in [0.4, 0.5) is 4.79 Å². The highest BCUT2D eigenvalue weighted by Crippen LogP contribution is 2.29. The molecule has 2 aliphatic rings. The number of nitrogens with zero attached hydrogens (tertiary/aromatic N) is 1. The number of rotatable bonds is 1. The molecule has 0 spiro atoms. The van der Waals surface area contributed by atoms with Gasteiger partial charge in [-0.2, -0.15) is 0 Å². The first-order valence-electron chi connectivity index (χ1n) is 7.96. The van der Waals surface area contributed by atoms with Crippen molar-refractivity contribution >= 4 is 22.5 Å². The number of carbonyl (C=O) groups is 1. The van der Waals surface area contributed by atoms with Crippen LogP contribution in [-0.2, 0) is 27.0 Å². The van der Waals surface area contributed by atoms with Gasteiger partial charge in [0.1, 0.15) is 5.60 Å². The normalized spacial score (nSPS) is 20.9. The Kier molecular flexibility index (Phi) is 4.32. The van der Waals surface area contributed by atoms with E-state index in [4.69, 9.17) is 4.74 Å². The van der Waals surface area contributed by atoms with Crippen LogP contribution in [0.15, 0.2) is 24.3 Å². The molecule has 0 aromatic heterocycles. The third-order valence-electron chi connectivity index (χ3n) is 4.07. The Morgan fingerprint density at radius 2 is 1.96 bits per heavy atom. The number of amides is 1. The second-order valence-corrected chi connectivity index (χ2v) is 8.57. The molecule has 2 heterocycles. The number of carbonyl (C=O) groups excluding carboxylic acids is 1. The summed E-state index contributed by atoms with van der Waals surface area (Å²) >= 11 is 0. The molecule has 0 saturated carbocycles. The molecule has 1 aromatic rings. The van der Waals surface area contributed by atoms with Gasteiger partial charge in [0.05, 0.1) is 0 Å². The maximum atomic E-state index is 12.1. The lowest BCUT2D eigenvalue weighted by atomic mass is 9.96. The highest BCUT2D eigenvalue weighted by atomic mass is 32.2. The van der Waals surface area contributed by atoms with Gasteiger partial charge >= 0.3 is 6.09 Å². The van der Waals surface area contributed by atoms with E-state index >= 15 is 0 Å². The van der Waals surface area contributed by atoms with Crippen molar-refractivity contribution in [3.8, 4) is 0 Å². The Balaban J connectivity index is 1.69. The first kappa shape index (κ1) is 16.2. The summed E-state index contributed by atoms with van der Waals surface area (Å²) in [5, 5.41) is 0. The van der Waals surface area contributed by atoms with Crippen LogP contribution in [-0.4, -0.2) is 33.9 Å². The van der Waals surface area contributed by atoms with Crippen molar-refractivity contribution in [3.05, 3.63) is 41.0 Å². The second kappa shape index (κ2) is 6.11. The Hall–Kier alpha value is -1.62. The molecule has 0 N–H and O–H groups in total. The van der Waals surface area contributed by atoms with E-state index in [2.05, 4.69) is 24.3 Å². The van der Waals surface area contributed by atoms with Crippen molar-refractivity contribution in [2.45, 2.75) is 44.3 Å². The average Bonchev–Trinajstić information content (AvgIpc) is 2.84. The van der Waals surface area contributed by atoms with E-state index in [1.165, 1.54) is 22.3 Å². The number of ether oxygens (including phenoxy) is 1. The van der Waals surface area contributed by atoms with Gasteiger partial charge in [-0.15, -0.1) is 0 Å². The molecule has 3 rings (SSSR count). The monoisotopic (exact) mass is 333 g/mol. The largest absolute Gasteiger partial charge is 0.444 e. The minimum Gasteiger partial charge on any atom is -0.444 e. The molecule has 1 aromatic carbocycles. The highest BCUT2D eigenvalue weighted by Gasteiger charge is 2.24. The third-order valence-corrected chi connectivity index (χ3v) is 5.34. The summed E-state index contributed by atoms with van der Waals surface area (Å²) in [6, 6.07) is 6.36. The molecule has 5 heteroatoms. The first-order chi connectivity index (χ1) is 10.8. The quantitative estimate of drug-likeness (QED) is 0.790. The van der Waals surface area contributed by atoms with Crippen LogP contribution in [0.5, 0.6) is 0 Å². The summed E-state index contributed by atoms with van der Waals surface area (Å²) in [7, 11) is -0.743. The van der Waals surface area contributed by atoms with Gasteiger partial charge in [0.2, 0.25) is 0 Å². The predicted octanol–water partition coefficient (Wildman–Crippen LogP) is 3.47. The molecule has 124 valence electrons. The minimum absolute atomic E-state index is 0.253. The molecule has 0 radical (unpaired) electrons. The van der Waals surface area contributed by atoms with Crippen LogP contribution in [0.2, 0.25) is 0 Å². The van der Waals surface area contributed by atoms with Crippen molar-refractivity contribution in [2.24, 2.45) is 0 Å². The fourth-order valence-corrected chi connectivity index (χ4v) is 4.27. The maximum Gasteiger partial charge on any atom is 0.410 e. The summed E-state index contributed by atoms with van der Waals surface area (Å²) in [5.41, 5.74) is 4.39. The van der Waals surface area contributed by atoms with Crippen LogP contribution in [0.1, 0.15) is 43.9 Å². The molecule has 0 fully saturated rings. The summed E-state index contributed by atoms with van der Waals surface area (Å²) in [6.07, 6.45) is 2.67. The van der Waals surface area contributed by atoms with E-state index in [9.17, 15) is 9.00 Å². The second-order valence-electron chi connectivity index (χ2n) is 7.12. The molecular formula is C18H23NO3S. The van der Waals surface area contributed by atoms with Gasteiger partial charge in [-0.05, 0) is 49.5 Å². The molecule has 0 bridgehead atoms. The molecule has 2 aliphatic heterocycles. The van der Waals surface area contributed by atoms with Crippen LogP contribution < -0.4 is 0 Å². The summed E-state index contributed by atoms with van der Waals surface area (Å²) in [5.74, 6) is 1.35. The number of fused-ring (bicyclic) bond motifs is 1. The van der Waals surface area contributed by atoms with Crippen molar-refractivity contribution in [1.82, 2.24) is 4.90 Å². The molecule has 4 nitrogen and oxygen atoms in total. The molecule has 23 heavy (non-hydrogen) atoms. The topological polar surface area (TPSA) is 46.6 Å². The van der Waals surface area contributed by atoms with Crippen LogP contribution >= 0.6 is 0 Å². The molecular weight excluding hydrogens is 310 g/mol. The Morgan fingerprint density at radius 3 is 2.61 bits per heavy atom. The van der Waals surface area contributed by atoms with Crippen molar-refractivity contribution in [1.29, 1.82) is 0 Å². The zero-order chi connectivity index (χ0) is 16.6. The van der Waals surface area contributed by atoms with Crippen LogP contribution in [0.3, 0.4) is 0 Å². The molecule has 1 amide bonds. The lowest BCUT2D eigenvalue weighted by Gasteiger charge is -2.29. The van der Waals surface area contributed by atoms with E-state index in [0.717, 1.165) is 6.42 Å². The number of hydrogen-bond acceptors (Lipinski definition) is 3. The van der Waals surface area contributed by atoms with Crippen molar-refractivity contribution in [3.63, 3.8) is 0 Å².